The first-order chi connectivity index (χ1) is 16.7. The largest absolute Gasteiger partial charge is 0.355 e. The summed E-state index contributed by atoms with van der Waals surface area (Å²) in [4.78, 5) is 14.1. The van der Waals surface area contributed by atoms with Crippen molar-refractivity contribution < 1.29 is 4.39 Å². The van der Waals surface area contributed by atoms with Gasteiger partial charge in [-0.2, -0.15) is 0 Å². The maximum atomic E-state index is 13.9. The lowest BCUT2D eigenvalue weighted by Crippen LogP contribution is -2.29. The van der Waals surface area contributed by atoms with Crippen LogP contribution in [0.4, 0.5) is 16.0 Å². The molecule has 2 aliphatic rings. The summed E-state index contributed by atoms with van der Waals surface area (Å²) in [7, 11) is 2.01. The molecule has 2 atom stereocenters. The van der Waals surface area contributed by atoms with E-state index in [0.717, 1.165) is 73.1 Å². The molecule has 4 aromatic rings. The van der Waals surface area contributed by atoms with Gasteiger partial charge in [0.05, 0.1) is 17.9 Å². The summed E-state index contributed by atoms with van der Waals surface area (Å²) in [6.07, 6.45) is 4.98. The third kappa shape index (κ3) is 3.77. The number of pyridine rings is 1. The molecule has 34 heavy (non-hydrogen) atoms. The molecule has 174 valence electrons. The molecule has 0 aliphatic carbocycles. The smallest absolute Gasteiger partial charge is 0.154 e. The molecule has 1 aromatic carbocycles. The second-order valence-corrected chi connectivity index (χ2v) is 9.11. The van der Waals surface area contributed by atoms with E-state index in [1.807, 2.05) is 48.1 Å². The average molecular weight is 458 g/mol. The molecule has 0 amide bonds. The minimum absolute atomic E-state index is 0.115. The van der Waals surface area contributed by atoms with Crippen molar-refractivity contribution in [3.8, 4) is 11.4 Å². The highest BCUT2D eigenvalue weighted by Crippen LogP contribution is 2.35. The molecule has 2 aliphatic heterocycles. The van der Waals surface area contributed by atoms with Crippen molar-refractivity contribution in [3.05, 3.63) is 72.2 Å². The van der Waals surface area contributed by atoms with E-state index in [0.29, 0.717) is 6.04 Å². The zero-order valence-corrected chi connectivity index (χ0v) is 19.2. The van der Waals surface area contributed by atoms with Crippen LogP contribution in [0.1, 0.15) is 30.9 Å². The van der Waals surface area contributed by atoms with E-state index in [1.54, 1.807) is 12.1 Å². The van der Waals surface area contributed by atoms with Crippen molar-refractivity contribution >= 4 is 17.3 Å². The fourth-order valence-electron chi connectivity index (χ4n) is 5.24. The first-order valence-electron chi connectivity index (χ1n) is 12.0. The molecule has 2 fully saturated rings. The topological polar surface area (TPSA) is 61.6 Å². The second-order valence-electron chi connectivity index (χ2n) is 9.11. The van der Waals surface area contributed by atoms with Gasteiger partial charge in [-0.25, -0.2) is 18.9 Å². The molecule has 8 heteroatoms. The summed E-state index contributed by atoms with van der Waals surface area (Å²) in [6.45, 7) is 2.84. The number of hydrogen-bond acceptors (Lipinski definition) is 6. The maximum Gasteiger partial charge on any atom is 0.154 e. The number of anilines is 2. The van der Waals surface area contributed by atoms with Gasteiger partial charge in [0.25, 0.3) is 0 Å². The van der Waals surface area contributed by atoms with Gasteiger partial charge in [-0.1, -0.05) is 18.2 Å². The van der Waals surface area contributed by atoms with Crippen LogP contribution < -0.4 is 15.1 Å². The van der Waals surface area contributed by atoms with Gasteiger partial charge in [0.1, 0.15) is 23.1 Å². The van der Waals surface area contributed by atoms with Crippen LogP contribution in [-0.2, 0) is 0 Å². The number of nitrogens with zero attached hydrogens (tertiary/aromatic N) is 6. The van der Waals surface area contributed by atoms with Gasteiger partial charge in [0, 0.05) is 25.7 Å². The van der Waals surface area contributed by atoms with E-state index in [-0.39, 0.29) is 11.9 Å². The number of likely N-dealkylation sites (N-methyl/N-ethyl adjacent to an activating group) is 1. The third-order valence-corrected chi connectivity index (χ3v) is 7.05. The molecule has 5 heterocycles. The molecule has 1 N–H and O–H groups in total. The van der Waals surface area contributed by atoms with Crippen molar-refractivity contribution in [2.24, 2.45) is 0 Å². The number of benzene rings is 1. The van der Waals surface area contributed by atoms with Crippen LogP contribution in [-0.4, -0.2) is 52.3 Å². The van der Waals surface area contributed by atoms with Crippen molar-refractivity contribution in [2.75, 3.05) is 36.5 Å². The second kappa shape index (κ2) is 8.68. The standard InChI is InChI=1S/C26H28FN7/c1-28-20-12-14-32(17-20)25-9-3-7-21(30-25)23-16-29-24-10-11-26(31-34(23)24)33-13-4-8-22(33)18-5-2-6-19(27)15-18/h2-3,5-7,9-11,15-16,20,22,28H,4,8,12-14,17H2,1H3/t20-,22-/m1/s1. The molecule has 0 saturated carbocycles. The Morgan fingerprint density at radius 3 is 2.76 bits per heavy atom. The molecular formula is C26H28FN7. The fraction of sp³-hybridized carbons (Fsp3) is 0.346. The average Bonchev–Trinajstić information content (AvgIpc) is 3.63. The molecule has 6 rings (SSSR count). The van der Waals surface area contributed by atoms with Crippen LogP contribution in [0.3, 0.4) is 0 Å². The molecular weight excluding hydrogens is 429 g/mol. The maximum absolute atomic E-state index is 13.9. The highest BCUT2D eigenvalue weighted by Gasteiger charge is 2.28. The molecule has 2 saturated heterocycles. The van der Waals surface area contributed by atoms with Crippen molar-refractivity contribution in [1.82, 2.24) is 24.9 Å². The monoisotopic (exact) mass is 457 g/mol. The van der Waals surface area contributed by atoms with Crippen molar-refractivity contribution in [2.45, 2.75) is 31.3 Å². The van der Waals surface area contributed by atoms with Crippen molar-refractivity contribution in [3.63, 3.8) is 0 Å². The number of imidazole rings is 1. The Morgan fingerprint density at radius 2 is 1.91 bits per heavy atom. The number of aromatic nitrogens is 4. The van der Waals surface area contributed by atoms with Gasteiger partial charge in [-0.15, -0.1) is 5.10 Å². The lowest BCUT2D eigenvalue weighted by atomic mass is 10.0. The number of halogens is 1. The minimum Gasteiger partial charge on any atom is -0.355 e. The number of nitrogens with one attached hydrogen (secondary N) is 1. The summed E-state index contributed by atoms with van der Waals surface area (Å²) in [5.41, 5.74) is 3.49. The van der Waals surface area contributed by atoms with E-state index in [1.165, 1.54) is 6.07 Å². The first-order valence-corrected chi connectivity index (χ1v) is 12.0. The molecule has 0 unspecified atom stereocenters. The van der Waals surface area contributed by atoms with E-state index in [2.05, 4.69) is 26.2 Å². The Labute approximate surface area is 198 Å². The fourth-order valence-corrected chi connectivity index (χ4v) is 5.24. The van der Waals surface area contributed by atoms with Crippen LogP contribution in [0.25, 0.3) is 17.0 Å². The van der Waals surface area contributed by atoms with E-state index in [4.69, 9.17) is 10.1 Å². The summed E-state index contributed by atoms with van der Waals surface area (Å²) >= 11 is 0. The Bertz CT molecular complexity index is 1320. The molecule has 3 aromatic heterocycles. The Balaban J connectivity index is 1.34. The van der Waals surface area contributed by atoms with Gasteiger partial charge in [-0.05, 0) is 68.3 Å². The van der Waals surface area contributed by atoms with Crippen LogP contribution in [0, 0.1) is 5.82 Å². The van der Waals surface area contributed by atoms with E-state index in [9.17, 15) is 4.39 Å². The van der Waals surface area contributed by atoms with E-state index < -0.39 is 0 Å². The van der Waals surface area contributed by atoms with Gasteiger partial charge < -0.3 is 15.1 Å². The number of hydrogen-bond donors (Lipinski definition) is 1. The molecule has 7 nitrogen and oxygen atoms in total. The molecule has 0 radical (unpaired) electrons. The van der Waals surface area contributed by atoms with Gasteiger partial charge in [0.2, 0.25) is 0 Å². The SMILES string of the molecule is CN[C@@H]1CCN(c2cccc(-c3cnc4ccc(N5CCC[C@@H]5c5cccc(F)c5)nn34)n2)C1. The lowest BCUT2D eigenvalue weighted by Gasteiger charge is -2.26. The lowest BCUT2D eigenvalue weighted by molar-refractivity contribution is 0.616. The number of fused-ring (bicyclic) bond motifs is 1. The van der Waals surface area contributed by atoms with Crippen LogP contribution in [0.5, 0.6) is 0 Å². The van der Waals surface area contributed by atoms with Crippen LogP contribution in [0.15, 0.2) is 60.8 Å². The zero-order chi connectivity index (χ0) is 23.1. The van der Waals surface area contributed by atoms with Crippen LogP contribution >= 0.6 is 0 Å². The van der Waals surface area contributed by atoms with E-state index >= 15 is 0 Å². The third-order valence-electron chi connectivity index (χ3n) is 7.05. The highest BCUT2D eigenvalue weighted by atomic mass is 19.1. The predicted octanol–water partition coefficient (Wildman–Crippen LogP) is 4.07. The zero-order valence-electron chi connectivity index (χ0n) is 19.2. The van der Waals surface area contributed by atoms with Gasteiger partial charge in [-0.3, -0.25) is 0 Å². The molecule has 0 bridgehead atoms. The minimum atomic E-state index is -0.199. The Kier molecular flexibility index (Phi) is 5.37. The quantitative estimate of drug-likeness (QED) is 0.488. The van der Waals surface area contributed by atoms with Gasteiger partial charge >= 0.3 is 0 Å². The summed E-state index contributed by atoms with van der Waals surface area (Å²) in [6, 6.07) is 17.7. The summed E-state index contributed by atoms with van der Waals surface area (Å²) < 4.78 is 15.8. The van der Waals surface area contributed by atoms with Gasteiger partial charge in [0.15, 0.2) is 5.65 Å². The Morgan fingerprint density at radius 1 is 1.00 bits per heavy atom. The first kappa shape index (κ1) is 21.0. The molecule has 0 spiro atoms. The highest BCUT2D eigenvalue weighted by molar-refractivity contribution is 5.63. The predicted molar refractivity (Wildman–Crippen MR) is 132 cm³/mol. The number of rotatable bonds is 5. The Hall–Kier alpha value is -3.52. The summed E-state index contributed by atoms with van der Waals surface area (Å²) in [5, 5.41) is 8.33. The van der Waals surface area contributed by atoms with Crippen molar-refractivity contribution in [1.29, 1.82) is 0 Å². The summed E-state index contributed by atoms with van der Waals surface area (Å²) in [5.74, 6) is 1.65. The van der Waals surface area contributed by atoms with Crippen LogP contribution in [0.2, 0.25) is 0 Å². The normalized spacial score (nSPS) is 20.5.